The molecular weight excluding hydrogens is 360 g/mol. The smallest absolute Gasteiger partial charge is 0.247 e. The summed E-state index contributed by atoms with van der Waals surface area (Å²) in [4.78, 5) is 27.4. The van der Waals surface area contributed by atoms with Crippen LogP contribution in [0.15, 0.2) is 84.9 Å². The van der Waals surface area contributed by atoms with E-state index in [0.29, 0.717) is 13.1 Å². The first-order chi connectivity index (χ1) is 14.0. The Hall–Kier alpha value is -3.40. The summed E-state index contributed by atoms with van der Waals surface area (Å²) in [6, 6.07) is 26.5. The third-order valence-corrected chi connectivity index (χ3v) is 4.86. The fourth-order valence-corrected chi connectivity index (χ4v) is 3.26. The molecule has 4 heteroatoms. The first kappa shape index (κ1) is 20.3. The summed E-state index contributed by atoms with van der Waals surface area (Å²) in [6.07, 6.45) is 0. The zero-order valence-corrected chi connectivity index (χ0v) is 16.8. The molecule has 0 aromatic heterocycles. The van der Waals surface area contributed by atoms with Crippen LogP contribution in [-0.4, -0.2) is 16.7 Å². The molecule has 0 heterocycles. The predicted molar refractivity (Wildman–Crippen MR) is 115 cm³/mol. The maximum absolute atomic E-state index is 13.2. The van der Waals surface area contributed by atoms with E-state index in [1.807, 2.05) is 91.9 Å². The maximum atomic E-state index is 13.2. The molecule has 0 bridgehead atoms. The summed E-state index contributed by atoms with van der Waals surface area (Å²) in [5.74, 6) is -0.337. The van der Waals surface area contributed by atoms with Gasteiger partial charge in [0.05, 0.1) is 0 Å². The molecule has 0 fully saturated rings. The van der Waals surface area contributed by atoms with Crippen molar-refractivity contribution in [2.24, 2.45) is 0 Å². The van der Waals surface area contributed by atoms with Crippen molar-refractivity contribution in [3.63, 3.8) is 0 Å². The fraction of sp³-hybridized carbons (Fsp3) is 0.200. The van der Waals surface area contributed by atoms with E-state index in [1.54, 1.807) is 4.90 Å². The third-order valence-electron chi connectivity index (χ3n) is 4.86. The normalized spacial score (nSPS) is 11.5. The number of benzene rings is 3. The number of rotatable bonds is 7. The van der Waals surface area contributed by atoms with Gasteiger partial charge in [-0.3, -0.25) is 9.59 Å². The zero-order valence-electron chi connectivity index (χ0n) is 16.8. The Morgan fingerprint density at radius 2 is 1.41 bits per heavy atom. The largest absolute Gasteiger partial charge is 0.350 e. The molecule has 0 unspecified atom stereocenters. The Morgan fingerprint density at radius 3 is 2.00 bits per heavy atom. The molecule has 0 saturated heterocycles. The van der Waals surface area contributed by atoms with Crippen molar-refractivity contribution in [1.82, 2.24) is 10.2 Å². The van der Waals surface area contributed by atoms with E-state index < -0.39 is 6.04 Å². The topological polar surface area (TPSA) is 49.4 Å². The molecule has 0 aliphatic heterocycles. The molecule has 0 spiro atoms. The highest BCUT2D eigenvalue weighted by Gasteiger charge is 2.29. The van der Waals surface area contributed by atoms with Gasteiger partial charge in [-0.15, -0.1) is 0 Å². The number of nitrogens with one attached hydrogen (secondary N) is 1. The molecule has 3 rings (SSSR count). The van der Waals surface area contributed by atoms with Crippen molar-refractivity contribution < 1.29 is 9.59 Å². The second-order valence-corrected chi connectivity index (χ2v) is 7.15. The number of hydrogen-bond acceptors (Lipinski definition) is 2. The molecule has 3 aromatic rings. The molecule has 4 nitrogen and oxygen atoms in total. The van der Waals surface area contributed by atoms with E-state index in [2.05, 4.69) is 5.32 Å². The van der Waals surface area contributed by atoms with Crippen LogP contribution in [0.4, 0.5) is 0 Å². The van der Waals surface area contributed by atoms with Gasteiger partial charge in [0.2, 0.25) is 11.8 Å². The van der Waals surface area contributed by atoms with Crippen LogP contribution in [0.1, 0.15) is 35.2 Å². The molecular formula is C25H26N2O2. The van der Waals surface area contributed by atoms with E-state index in [-0.39, 0.29) is 11.8 Å². The van der Waals surface area contributed by atoms with Crippen LogP contribution in [0.5, 0.6) is 0 Å². The maximum Gasteiger partial charge on any atom is 0.247 e. The lowest BCUT2D eigenvalue weighted by molar-refractivity contribution is -0.140. The van der Waals surface area contributed by atoms with Gasteiger partial charge in [0, 0.05) is 20.0 Å². The monoisotopic (exact) mass is 386 g/mol. The van der Waals surface area contributed by atoms with E-state index in [9.17, 15) is 9.59 Å². The standard InChI is InChI=1S/C25H26N2O2/c1-19-13-15-21(16-14-19)17-26-25(29)24(23-11-7-4-8-12-23)27(20(2)28)18-22-9-5-3-6-10-22/h3-16,24H,17-18H2,1-2H3,(H,26,29)/t24-/m1/s1. The Balaban J connectivity index is 1.85. The minimum Gasteiger partial charge on any atom is -0.350 e. The van der Waals surface area contributed by atoms with Gasteiger partial charge in [-0.25, -0.2) is 0 Å². The fourth-order valence-electron chi connectivity index (χ4n) is 3.26. The van der Waals surface area contributed by atoms with Crippen LogP contribution in [0.2, 0.25) is 0 Å². The van der Waals surface area contributed by atoms with Crippen molar-refractivity contribution in [2.45, 2.75) is 33.0 Å². The zero-order chi connectivity index (χ0) is 20.6. The quantitative estimate of drug-likeness (QED) is 0.654. The Bertz CT molecular complexity index is 938. The highest BCUT2D eigenvalue weighted by molar-refractivity contribution is 5.88. The highest BCUT2D eigenvalue weighted by Crippen LogP contribution is 2.24. The molecule has 0 aliphatic rings. The molecule has 1 N–H and O–H groups in total. The second kappa shape index (κ2) is 9.69. The molecule has 0 radical (unpaired) electrons. The average Bonchev–Trinajstić information content (AvgIpc) is 2.74. The van der Waals surface area contributed by atoms with Gasteiger partial charge < -0.3 is 10.2 Å². The van der Waals surface area contributed by atoms with Gasteiger partial charge in [0.1, 0.15) is 6.04 Å². The summed E-state index contributed by atoms with van der Waals surface area (Å²) in [5.41, 5.74) is 3.97. The lowest BCUT2D eigenvalue weighted by atomic mass is 10.0. The van der Waals surface area contributed by atoms with Crippen LogP contribution in [-0.2, 0) is 22.7 Å². The van der Waals surface area contributed by atoms with Gasteiger partial charge in [-0.1, -0.05) is 90.5 Å². The summed E-state index contributed by atoms with van der Waals surface area (Å²) in [7, 11) is 0. The number of carbonyl (C=O) groups excluding carboxylic acids is 2. The van der Waals surface area contributed by atoms with Gasteiger partial charge in [-0.05, 0) is 23.6 Å². The first-order valence-corrected chi connectivity index (χ1v) is 9.74. The van der Waals surface area contributed by atoms with Gasteiger partial charge in [0.25, 0.3) is 0 Å². The highest BCUT2D eigenvalue weighted by atomic mass is 16.2. The average molecular weight is 386 g/mol. The van der Waals surface area contributed by atoms with E-state index in [1.165, 1.54) is 12.5 Å². The number of amides is 2. The third kappa shape index (κ3) is 5.55. The minimum atomic E-state index is -0.695. The molecule has 0 aliphatic carbocycles. The SMILES string of the molecule is CC(=O)N(Cc1ccccc1)[C@@H](C(=O)NCc1ccc(C)cc1)c1ccccc1. The molecule has 148 valence electrons. The van der Waals surface area contributed by atoms with Crippen LogP contribution in [0.3, 0.4) is 0 Å². The lowest BCUT2D eigenvalue weighted by Crippen LogP contribution is -2.42. The van der Waals surface area contributed by atoms with E-state index in [0.717, 1.165) is 16.7 Å². The van der Waals surface area contributed by atoms with Gasteiger partial charge >= 0.3 is 0 Å². The first-order valence-electron chi connectivity index (χ1n) is 9.74. The second-order valence-electron chi connectivity index (χ2n) is 7.15. The lowest BCUT2D eigenvalue weighted by Gasteiger charge is -2.30. The van der Waals surface area contributed by atoms with Crippen LogP contribution < -0.4 is 5.32 Å². The summed E-state index contributed by atoms with van der Waals surface area (Å²) < 4.78 is 0. The van der Waals surface area contributed by atoms with Crippen molar-refractivity contribution >= 4 is 11.8 Å². The number of hydrogen-bond donors (Lipinski definition) is 1. The minimum absolute atomic E-state index is 0.145. The van der Waals surface area contributed by atoms with Gasteiger partial charge in [0.15, 0.2) is 0 Å². The molecule has 29 heavy (non-hydrogen) atoms. The summed E-state index contributed by atoms with van der Waals surface area (Å²) in [5, 5.41) is 3.01. The Labute approximate surface area is 172 Å². The number of nitrogens with zero attached hydrogens (tertiary/aromatic N) is 1. The van der Waals surface area contributed by atoms with Crippen molar-refractivity contribution in [3.8, 4) is 0 Å². The van der Waals surface area contributed by atoms with Crippen molar-refractivity contribution in [3.05, 3.63) is 107 Å². The van der Waals surface area contributed by atoms with Crippen LogP contribution in [0.25, 0.3) is 0 Å². The van der Waals surface area contributed by atoms with E-state index >= 15 is 0 Å². The molecule has 3 aromatic carbocycles. The van der Waals surface area contributed by atoms with E-state index in [4.69, 9.17) is 0 Å². The van der Waals surface area contributed by atoms with Crippen LogP contribution in [0, 0.1) is 6.92 Å². The summed E-state index contributed by atoms with van der Waals surface area (Å²) >= 11 is 0. The van der Waals surface area contributed by atoms with Gasteiger partial charge in [-0.2, -0.15) is 0 Å². The molecule has 1 atom stereocenters. The van der Waals surface area contributed by atoms with Crippen LogP contribution >= 0.6 is 0 Å². The Kier molecular flexibility index (Phi) is 6.80. The Morgan fingerprint density at radius 1 is 0.828 bits per heavy atom. The number of carbonyl (C=O) groups is 2. The van der Waals surface area contributed by atoms with Crippen molar-refractivity contribution in [2.75, 3.05) is 0 Å². The summed E-state index contributed by atoms with van der Waals surface area (Å²) in [6.45, 7) is 4.32. The van der Waals surface area contributed by atoms with Crippen molar-refractivity contribution in [1.29, 1.82) is 0 Å². The predicted octanol–water partition coefficient (Wildman–Crippen LogP) is 4.40. The molecule has 0 saturated carbocycles. The molecule has 2 amide bonds. The number of aryl methyl sites for hydroxylation is 1.